The van der Waals surface area contributed by atoms with Crippen LogP contribution in [0, 0.1) is 6.92 Å². The van der Waals surface area contributed by atoms with E-state index in [4.69, 9.17) is 9.47 Å². The number of hydrogen-bond acceptors (Lipinski definition) is 5. The molecule has 1 aliphatic heterocycles. The zero-order chi connectivity index (χ0) is 23.4. The van der Waals surface area contributed by atoms with Crippen LogP contribution in [-0.4, -0.2) is 60.1 Å². The highest BCUT2D eigenvalue weighted by Gasteiger charge is 2.54. The lowest BCUT2D eigenvalue weighted by molar-refractivity contribution is -0.124. The van der Waals surface area contributed by atoms with Crippen LogP contribution in [-0.2, 0) is 32.8 Å². The van der Waals surface area contributed by atoms with Gasteiger partial charge in [0.15, 0.2) is 0 Å². The third-order valence-corrected chi connectivity index (χ3v) is 7.42. The lowest BCUT2D eigenvalue weighted by Gasteiger charge is -2.44. The molecule has 4 rings (SSSR count). The molecule has 1 aromatic carbocycles. The van der Waals surface area contributed by atoms with Gasteiger partial charge >= 0.3 is 0 Å². The van der Waals surface area contributed by atoms with Crippen LogP contribution in [0.1, 0.15) is 61.5 Å². The minimum absolute atomic E-state index is 0.0630. The van der Waals surface area contributed by atoms with Crippen molar-refractivity contribution in [2.24, 2.45) is 0 Å². The molecule has 1 aromatic heterocycles. The summed E-state index contributed by atoms with van der Waals surface area (Å²) in [6.07, 6.45) is 4.56. The predicted molar refractivity (Wildman–Crippen MR) is 128 cm³/mol. The van der Waals surface area contributed by atoms with Crippen molar-refractivity contribution in [1.29, 1.82) is 0 Å². The molecule has 2 aromatic rings. The van der Waals surface area contributed by atoms with E-state index < -0.39 is 0 Å². The van der Waals surface area contributed by atoms with Gasteiger partial charge in [-0.25, -0.2) is 0 Å². The molecule has 1 N–H and O–H groups in total. The number of rotatable bonds is 9. The van der Waals surface area contributed by atoms with Crippen molar-refractivity contribution in [1.82, 2.24) is 20.0 Å². The molecular weight excluding hydrogens is 416 g/mol. The molecule has 1 amide bonds. The van der Waals surface area contributed by atoms with Crippen molar-refractivity contribution in [3.8, 4) is 0 Å². The standard InChI is InChI=1S/C26H38N4O3/c1-5-23(31)27-24-21-9-7-8-10-22(21)26(25(24)33-16-15-32-4)11-13-29(14-12-26)17-20-18-30(6-2)28-19(20)3/h7-10,18,24-25H,5-6,11-17H2,1-4H3,(H,27,31)/t24-,25+/m1/s1. The van der Waals surface area contributed by atoms with Crippen LogP contribution in [0.3, 0.4) is 0 Å². The Kier molecular flexibility index (Phi) is 7.51. The largest absolute Gasteiger partial charge is 0.382 e. The van der Waals surface area contributed by atoms with Crippen LogP contribution in [0.15, 0.2) is 30.5 Å². The summed E-state index contributed by atoms with van der Waals surface area (Å²) in [5, 5.41) is 7.88. The third-order valence-electron chi connectivity index (χ3n) is 7.42. The van der Waals surface area contributed by atoms with Gasteiger partial charge < -0.3 is 14.8 Å². The van der Waals surface area contributed by atoms with E-state index >= 15 is 0 Å². The van der Waals surface area contributed by atoms with Gasteiger partial charge in [0.2, 0.25) is 5.91 Å². The Morgan fingerprint density at radius 2 is 1.97 bits per heavy atom. The SMILES string of the molecule is CCC(=O)N[C@@H]1c2ccccc2C2(CCN(Cc3cn(CC)nc3C)CC2)[C@H]1OCCOC. The van der Waals surface area contributed by atoms with Gasteiger partial charge in [-0.3, -0.25) is 14.4 Å². The van der Waals surface area contributed by atoms with Crippen LogP contribution in [0.5, 0.6) is 0 Å². The van der Waals surface area contributed by atoms with E-state index in [-0.39, 0.29) is 23.5 Å². The molecule has 180 valence electrons. The number of carbonyl (C=O) groups excluding carboxylic acids is 1. The first-order valence-electron chi connectivity index (χ1n) is 12.3. The maximum atomic E-state index is 12.4. The molecule has 0 saturated carbocycles. The highest BCUT2D eigenvalue weighted by Crippen LogP contribution is 2.52. The van der Waals surface area contributed by atoms with Gasteiger partial charge in [0, 0.05) is 43.8 Å². The molecule has 1 fully saturated rings. The van der Waals surface area contributed by atoms with Crippen LogP contribution in [0.2, 0.25) is 0 Å². The number of fused-ring (bicyclic) bond motifs is 2. The van der Waals surface area contributed by atoms with Gasteiger partial charge in [0.25, 0.3) is 0 Å². The molecule has 2 heterocycles. The van der Waals surface area contributed by atoms with Crippen molar-refractivity contribution in [3.05, 3.63) is 52.8 Å². The minimum Gasteiger partial charge on any atom is -0.382 e. The van der Waals surface area contributed by atoms with Crippen LogP contribution in [0.4, 0.5) is 0 Å². The maximum Gasteiger partial charge on any atom is 0.220 e. The first-order chi connectivity index (χ1) is 16.0. The maximum absolute atomic E-state index is 12.4. The molecule has 2 atom stereocenters. The number of nitrogens with zero attached hydrogens (tertiary/aromatic N) is 3. The number of ether oxygens (including phenoxy) is 2. The number of likely N-dealkylation sites (tertiary alicyclic amines) is 1. The molecule has 1 saturated heterocycles. The zero-order valence-electron chi connectivity index (χ0n) is 20.5. The fourth-order valence-electron chi connectivity index (χ4n) is 5.58. The van der Waals surface area contributed by atoms with Crippen LogP contribution < -0.4 is 5.32 Å². The summed E-state index contributed by atoms with van der Waals surface area (Å²) in [5.41, 5.74) is 4.86. The molecule has 2 aliphatic rings. The number of aryl methyl sites for hydroxylation is 2. The van der Waals surface area contributed by atoms with Gasteiger partial charge in [0.05, 0.1) is 31.1 Å². The monoisotopic (exact) mass is 454 g/mol. The number of methoxy groups -OCH3 is 1. The van der Waals surface area contributed by atoms with Gasteiger partial charge in [-0.05, 0) is 50.9 Å². The van der Waals surface area contributed by atoms with Gasteiger partial charge in [-0.2, -0.15) is 5.10 Å². The zero-order valence-corrected chi connectivity index (χ0v) is 20.5. The molecule has 0 bridgehead atoms. The number of hydrogen-bond donors (Lipinski definition) is 1. The highest BCUT2D eigenvalue weighted by molar-refractivity contribution is 5.76. The Balaban J connectivity index is 1.57. The second kappa shape index (κ2) is 10.4. The number of piperidine rings is 1. The Morgan fingerprint density at radius 3 is 2.64 bits per heavy atom. The topological polar surface area (TPSA) is 68.6 Å². The quantitative estimate of drug-likeness (QED) is 0.589. The third kappa shape index (κ3) is 4.72. The first kappa shape index (κ1) is 23.9. The van der Waals surface area contributed by atoms with E-state index in [1.807, 2.05) is 11.6 Å². The summed E-state index contributed by atoms with van der Waals surface area (Å²) in [7, 11) is 1.69. The molecule has 7 heteroatoms. The van der Waals surface area contributed by atoms with E-state index in [9.17, 15) is 4.79 Å². The van der Waals surface area contributed by atoms with E-state index in [0.29, 0.717) is 19.6 Å². The Hall–Kier alpha value is -2.22. The number of amides is 1. The van der Waals surface area contributed by atoms with Crippen molar-refractivity contribution >= 4 is 5.91 Å². The van der Waals surface area contributed by atoms with E-state index in [2.05, 4.69) is 59.6 Å². The predicted octanol–water partition coefficient (Wildman–Crippen LogP) is 3.36. The highest BCUT2D eigenvalue weighted by atomic mass is 16.5. The second-order valence-electron chi connectivity index (χ2n) is 9.30. The van der Waals surface area contributed by atoms with E-state index in [1.165, 1.54) is 16.7 Å². The molecular formula is C26H38N4O3. The number of carbonyl (C=O) groups is 1. The van der Waals surface area contributed by atoms with Gasteiger partial charge in [0.1, 0.15) is 0 Å². The Labute approximate surface area is 197 Å². The minimum atomic E-state index is -0.123. The Bertz CT molecular complexity index is 949. The normalized spacial score (nSPS) is 21.9. The fourth-order valence-corrected chi connectivity index (χ4v) is 5.58. The van der Waals surface area contributed by atoms with Crippen molar-refractivity contribution in [3.63, 3.8) is 0 Å². The van der Waals surface area contributed by atoms with Crippen molar-refractivity contribution < 1.29 is 14.3 Å². The van der Waals surface area contributed by atoms with E-state index in [0.717, 1.165) is 44.7 Å². The van der Waals surface area contributed by atoms with Gasteiger partial charge in [-0.1, -0.05) is 31.2 Å². The first-order valence-corrected chi connectivity index (χ1v) is 12.3. The fraction of sp³-hybridized carbons (Fsp3) is 0.615. The summed E-state index contributed by atoms with van der Waals surface area (Å²) in [5.74, 6) is 0.0630. The van der Waals surface area contributed by atoms with Crippen molar-refractivity contribution in [2.45, 2.75) is 70.7 Å². The smallest absolute Gasteiger partial charge is 0.220 e. The molecule has 0 unspecified atom stereocenters. The summed E-state index contributed by atoms with van der Waals surface area (Å²) in [6.45, 7) is 11.0. The average molecular weight is 455 g/mol. The molecule has 0 radical (unpaired) electrons. The lowest BCUT2D eigenvalue weighted by Crippen LogP contribution is -2.51. The summed E-state index contributed by atoms with van der Waals surface area (Å²) < 4.78 is 13.8. The summed E-state index contributed by atoms with van der Waals surface area (Å²) in [4.78, 5) is 15.0. The lowest BCUT2D eigenvalue weighted by atomic mass is 9.71. The van der Waals surface area contributed by atoms with Crippen LogP contribution in [0.25, 0.3) is 0 Å². The second-order valence-corrected chi connectivity index (χ2v) is 9.30. The average Bonchev–Trinajstić information content (AvgIpc) is 3.31. The van der Waals surface area contributed by atoms with Gasteiger partial charge in [-0.15, -0.1) is 0 Å². The number of aromatic nitrogens is 2. The number of benzene rings is 1. The molecule has 1 spiro atoms. The summed E-state index contributed by atoms with van der Waals surface area (Å²) >= 11 is 0. The molecule has 1 aliphatic carbocycles. The number of nitrogens with one attached hydrogen (secondary N) is 1. The summed E-state index contributed by atoms with van der Waals surface area (Å²) in [6, 6.07) is 8.46. The van der Waals surface area contributed by atoms with E-state index in [1.54, 1.807) is 7.11 Å². The Morgan fingerprint density at radius 1 is 1.21 bits per heavy atom. The molecule has 7 nitrogen and oxygen atoms in total. The van der Waals surface area contributed by atoms with Crippen LogP contribution >= 0.6 is 0 Å². The van der Waals surface area contributed by atoms with Crippen molar-refractivity contribution in [2.75, 3.05) is 33.4 Å². The molecule has 33 heavy (non-hydrogen) atoms.